The van der Waals surface area contributed by atoms with E-state index in [1.807, 2.05) is 40.6 Å². The van der Waals surface area contributed by atoms with Crippen molar-refractivity contribution in [1.29, 1.82) is 0 Å². The zero-order valence-corrected chi connectivity index (χ0v) is 22.3. The molecule has 1 fully saturated rings. The molecule has 3 N–H and O–H groups in total. The summed E-state index contributed by atoms with van der Waals surface area (Å²) in [6, 6.07) is 17.2. The van der Waals surface area contributed by atoms with Gasteiger partial charge in [-0.3, -0.25) is 14.4 Å². The molecule has 0 spiro atoms. The van der Waals surface area contributed by atoms with Gasteiger partial charge < -0.3 is 30.3 Å². The minimum absolute atomic E-state index is 0.159. The fourth-order valence-corrected chi connectivity index (χ4v) is 5.19. The first-order valence-electron chi connectivity index (χ1n) is 12.5. The third-order valence-electron chi connectivity index (χ3n) is 6.36. The van der Waals surface area contributed by atoms with E-state index >= 15 is 0 Å². The minimum atomic E-state index is -1.02. The van der Waals surface area contributed by atoms with Crippen LogP contribution >= 0.6 is 11.3 Å². The molecule has 2 heterocycles. The number of carbonyl (C=O) groups is 4. The Morgan fingerprint density at radius 1 is 1.00 bits per heavy atom. The topological polar surface area (TPSA) is 128 Å². The van der Waals surface area contributed by atoms with Gasteiger partial charge in [-0.1, -0.05) is 36.4 Å². The number of carbonyl (C=O) groups excluding carboxylic acids is 3. The molecule has 2 aromatic carbocycles. The summed E-state index contributed by atoms with van der Waals surface area (Å²) in [7, 11) is 1.35. The molecule has 1 aromatic heterocycles. The molecule has 1 saturated heterocycles. The summed E-state index contributed by atoms with van der Waals surface area (Å²) in [5.74, 6) is -1.71. The predicted molar refractivity (Wildman–Crippen MR) is 148 cm³/mol. The van der Waals surface area contributed by atoms with Crippen molar-refractivity contribution in [2.24, 2.45) is 0 Å². The number of nitrogens with zero attached hydrogens (tertiary/aromatic N) is 2. The lowest BCUT2D eigenvalue weighted by atomic mass is 10.1. The Labute approximate surface area is 230 Å². The van der Waals surface area contributed by atoms with Gasteiger partial charge in [-0.15, -0.1) is 11.3 Å². The number of hydrogen-bond donors (Lipinski definition) is 3. The van der Waals surface area contributed by atoms with Gasteiger partial charge in [0.25, 0.3) is 5.91 Å². The van der Waals surface area contributed by atoms with Crippen LogP contribution in [0.15, 0.2) is 66.0 Å². The van der Waals surface area contributed by atoms with Gasteiger partial charge in [0, 0.05) is 36.6 Å². The molecule has 1 aliphatic rings. The van der Waals surface area contributed by atoms with E-state index in [0.29, 0.717) is 31.9 Å². The Balaban J connectivity index is 1.57. The molecule has 11 heteroatoms. The van der Waals surface area contributed by atoms with Crippen LogP contribution in [-0.2, 0) is 20.7 Å². The number of hydrogen-bond acceptors (Lipinski definition) is 7. The van der Waals surface area contributed by atoms with Crippen LogP contribution in [0.4, 0.5) is 16.2 Å². The Bertz CT molecular complexity index is 1310. The Morgan fingerprint density at radius 2 is 1.74 bits per heavy atom. The number of aliphatic carboxylic acids is 1. The van der Waals surface area contributed by atoms with E-state index in [0.717, 1.165) is 16.1 Å². The van der Waals surface area contributed by atoms with Gasteiger partial charge >= 0.3 is 12.1 Å². The maximum Gasteiger partial charge on any atom is 0.409 e. The van der Waals surface area contributed by atoms with Crippen molar-refractivity contribution < 1.29 is 29.0 Å². The summed E-state index contributed by atoms with van der Waals surface area (Å²) in [6.07, 6.45) is -0.485. The number of amides is 3. The molecule has 4 rings (SSSR count). The van der Waals surface area contributed by atoms with Gasteiger partial charge in [0.15, 0.2) is 0 Å². The minimum Gasteiger partial charge on any atom is -0.481 e. The van der Waals surface area contributed by atoms with Crippen LogP contribution in [0.5, 0.6) is 0 Å². The molecule has 1 unspecified atom stereocenters. The highest BCUT2D eigenvalue weighted by atomic mass is 32.1. The quantitative estimate of drug-likeness (QED) is 0.370. The molecule has 39 heavy (non-hydrogen) atoms. The van der Waals surface area contributed by atoms with Gasteiger partial charge in [0.05, 0.1) is 37.4 Å². The van der Waals surface area contributed by atoms with Crippen LogP contribution in [0.2, 0.25) is 0 Å². The number of ether oxygens (including phenoxy) is 1. The Hall–Kier alpha value is -4.38. The van der Waals surface area contributed by atoms with E-state index < -0.39 is 17.9 Å². The monoisotopic (exact) mass is 550 g/mol. The number of thiophene rings is 1. The summed E-state index contributed by atoms with van der Waals surface area (Å²) in [6.45, 7) is 1.93. The van der Waals surface area contributed by atoms with Gasteiger partial charge in [0.2, 0.25) is 5.91 Å². The molecule has 1 atom stereocenters. The van der Waals surface area contributed by atoms with Crippen molar-refractivity contribution in [1.82, 2.24) is 10.2 Å². The number of rotatable bonds is 9. The largest absolute Gasteiger partial charge is 0.481 e. The fraction of sp³-hybridized carbons (Fsp3) is 0.286. The second kappa shape index (κ2) is 12.9. The van der Waals surface area contributed by atoms with Crippen molar-refractivity contribution in [2.45, 2.75) is 18.9 Å². The number of methoxy groups -OCH3 is 1. The lowest BCUT2D eigenvalue weighted by Crippen LogP contribution is -2.49. The molecule has 3 amide bonds. The highest BCUT2D eigenvalue weighted by Gasteiger charge is 2.25. The van der Waals surface area contributed by atoms with Gasteiger partial charge in [-0.25, -0.2) is 4.79 Å². The van der Waals surface area contributed by atoms with E-state index in [1.165, 1.54) is 18.4 Å². The number of carboxylic acids is 1. The number of nitrogens with one attached hydrogen (secondary N) is 2. The van der Waals surface area contributed by atoms with Crippen molar-refractivity contribution in [3.05, 3.63) is 82.0 Å². The van der Waals surface area contributed by atoms with Crippen molar-refractivity contribution in [2.75, 3.05) is 43.5 Å². The fourth-order valence-electron chi connectivity index (χ4n) is 4.42. The number of benzene rings is 2. The zero-order valence-electron chi connectivity index (χ0n) is 21.5. The van der Waals surface area contributed by atoms with Crippen molar-refractivity contribution in [3.8, 4) is 0 Å². The predicted octanol–water partition coefficient (Wildman–Crippen LogP) is 3.76. The summed E-state index contributed by atoms with van der Waals surface area (Å²) in [5.41, 5.74) is 2.32. The van der Waals surface area contributed by atoms with Gasteiger partial charge in [-0.2, -0.15) is 0 Å². The Kier molecular flexibility index (Phi) is 9.16. The van der Waals surface area contributed by atoms with E-state index in [1.54, 1.807) is 35.2 Å². The third-order valence-corrected chi connectivity index (χ3v) is 7.35. The Morgan fingerprint density at radius 3 is 2.38 bits per heavy atom. The number of anilines is 2. The first-order chi connectivity index (χ1) is 18.8. The maximum atomic E-state index is 13.2. The zero-order chi connectivity index (χ0) is 27.8. The summed E-state index contributed by atoms with van der Waals surface area (Å²) in [4.78, 5) is 53.9. The summed E-state index contributed by atoms with van der Waals surface area (Å²) in [5, 5.41) is 16.9. The molecule has 0 aliphatic carbocycles. The second-order valence-corrected chi connectivity index (χ2v) is 10.0. The molecule has 1 aliphatic heterocycles. The molecule has 3 aromatic rings. The van der Waals surface area contributed by atoms with Crippen LogP contribution in [0.1, 0.15) is 33.3 Å². The second-order valence-electron chi connectivity index (χ2n) is 9.03. The van der Waals surface area contributed by atoms with Gasteiger partial charge in [0.1, 0.15) is 0 Å². The molecule has 204 valence electrons. The highest BCUT2D eigenvalue weighted by molar-refractivity contribution is 7.10. The third kappa shape index (κ3) is 7.35. The van der Waals surface area contributed by atoms with Crippen LogP contribution in [-0.4, -0.2) is 67.2 Å². The van der Waals surface area contributed by atoms with Crippen LogP contribution in [0.25, 0.3) is 0 Å². The normalized spacial score (nSPS) is 13.9. The lowest BCUT2D eigenvalue weighted by Gasteiger charge is -2.36. The standard InChI is InChI=1S/C28H30N4O6S/c1-38-28(37)32-13-11-31(12-14-32)23-10-9-20(17-21(23)29-25(33)16-19-6-3-2-4-7-19)27(36)30-22(18-26(34)35)24-8-5-15-39-24/h2-10,15,17,22H,11-14,16,18H2,1H3,(H,29,33)(H,30,36)(H,34,35). The molecular formula is C28H30N4O6S. The van der Waals surface area contributed by atoms with E-state index in [2.05, 4.69) is 10.6 Å². The molecular weight excluding hydrogens is 520 g/mol. The molecule has 0 bridgehead atoms. The average Bonchev–Trinajstić information content (AvgIpc) is 3.48. The lowest BCUT2D eigenvalue weighted by molar-refractivity contribution is -0.137. The number of carboxylic acid groups (broad SMARTS) is 1. The molecule has 0 saturated carbocycles. The first kappa shape index (κ1) is 27.6. The van der Waals surface area contributed by atoms with E-state index in [4.69, 9.17) is 4.74 Å². The first-order valence-corrected chi connectivity index (χ1v) is 13.3. The highest BCUT2D eigenvalue weighted by Crippen LogP contribution is 2.30. The molecule has 0 radical (unpaired) electrons. The number of piperazine rings is 1. The van der Waals surface area contributed by atoms with Crippen LogP contribution in [0.3, 0.4) is 0 Å². The smallest absolute Gasteiger partial charge is 0.409 e. The SMILES string of the molecule is COC(=O)N1CCN(c2ccc(C(=O)NC(CC(=O)O)c3cccs3)cc2NC(=O)Cc2ccccc2)CC1. The van der Waals surface area contributed by atoms with Gasteiger partial charge in [-0.05, 0) is 35.2 Å². The summed E-state index contributed by atoms with van der Waals surface area (Å²) < 4.78 is 4.82. The maximum absolute atomic E-state index is 13.2. The molecule has 10 nitrogen and oxygen atoms in total. The van der Waals surface area contributed by atoms with Crippen molar-refractivity contribution in [3.63, 3.8) is 0 Å². The summed E-state index contributed by atoms with van der Waals surface area (Å²) >= 11 is 1.37. The van der Waals surface area contributed by atoms with Crippen LogP contribution in [0, 0.1) is 0 Å². The van der Waals surface area contributed by atoms with E-state index in [-0.39, 0.29) is 30.4 Å². The van der Waals surface area contributed by atoms with E-state index in [9.17, 15) is 24.3 Å². The van der Waals surface area contributed by atoms with Crippen LogP contribution < -0.4 is 15.5 Å². The van der Waals surface area contributed by atoms with Crippen molar-refractivity contribution >= 4 is 46.6 Å². The average molecular weight is 551 g/mol.